The van der Waals surface area contributed by atoms with Crippen LogP contribution in [-0.4, -0.2) is 26.6 Å². The standard InChI is InChI=1S/C23H32N2O3S/c1-7-19-9-11-20(12-10-19)18(5)24-23(26)22(8-2)25(29(6,27)28)21-14-16(3)13-17(4)15-21/h9-15,18,22H,7-8H2,1-6H3,(H,24,26)/t18-,22+/m0/s1. The monoisotopic (exact) mass is 416 g/mol. The first kappa shape index (κ1) is 22.9. The van der Waals surface area contributed by atoms with E-state index >= 15 is 0 Å². The summed E-state index contributed by atoms with van der Waals surface area (Å²) in [7, 11) is -3.64. The van der Waals surface area contributed by atoms with Gasteiger partial charge >= 0.3 is 0 Å². The topological polar surface area (TPSA) is 66.5 Å². The van der Waals surface area contributed by atoms with E-state index in [9.17, 15) is 13.2 Å². The molecule has 0 fully saturated rings. The number of carbonyl (C=O) groups excluding carboxylic acids is 1. The van der Waals surface area contributed by atoms with Crippen LogP contribution in [0.15, 0.2) is 42.5 Å². The third-order valence-electron chi connectivity index (χ3n) is 5.04. The molecule has 5 nitrogen and oxygen atoms in total. The second kappa shape index (κ2) is 9.44. The third kappa shape index (κ3) is 5.82. The van der Waals surface area contributed by atoms with Gasteiger partial charge in [0.25, 0.3) is 0 Å². The van der Waals surface area contributed by atoms with E-state index in [4.69, 9.17) is 0 Å². The molecule has 0 aliphatic heterocycles. The molecule has 1 N–H and O–H groups in total. The molecule has 1 amide bonds. The highest BCUT2D eigenvalue weighted by Gasteiger charge is 2.32. The van der Waals surface area contributed by atoms with Crippen molar-refractivity contribution in [2.45, 2.75) is 59.5 Å². The van der Waals surface area contributed by atoms with Crippen LogP contribution in [0.1, 0.15) is 55.5 Å². The summed E-state index contributed by atoms with van der Waals surface area (Å²) in [5.74, 6) is -0.302. The second-order valence-corrected chi connectivity index (χ2v) is 9.51. The number of benzene rings is 2. The summed E-state index contributed by atoms with van der Waals surface area (Å²) in [4.78, 5) is 13.1. The molecule has 0 saturated carbocycles. The zero-order chi connectivity index (χ0) is 21.8. The van der Waals surface area contributed by atoms with Gasteiger partial charge in [0.2, 0.25) is 15.9 Å². The van der Waals surface area contributed by atoms with Crippen LogP contribution in [0, 0.1) is 13.8 Å². The van der Waals surface area contributed by atoms with Crippen molar-refractivity contribution in [3.8, 4) is 0 Å². The zero-order valence-electron chi connectivity index (χ0n) is 18.2. The van der Waals surface area contributed by atoms with E-state index in [-0.39, 0.29) is 11.9 Å². The molecule has 0 bridgehead atoms. The Balaban J connectivity index is 2.32. The van der Waals surface area contributed by atoms with E-state index in [1.54, 1.807) is 12.1 Å². The summed E-state index contributed by atoms with van der Waals surface area (Å²) < 4.78 is 26.5. The van der Waals surface area contributed by atoms with Crippen molar-refractivity contribution in [1.82, 2.24) is 5.32 Å². The molecular formula is C23H32N2O3S. The average Bonchev–Trinajstić information content (AvgIpc) is 2.63. The molecular weight excluding hydrogens is 384 g/mol. The van der Waals surface area contributed by atoms with E-state index < -0.39 is 16.1 Å². The van der Waals surface area contributed by atoms with Crippen LogP contribution >= 0.6 is 0 Å². The van der Waals surface area contributed by atoms with Gasteiger partial charge in [-0.05, 0) is 68.0 Å². The molecule has 0 heterocycles. The van der Waals surface area contributed by atoms with Gasteiger partial charge in [-0.2, -0.15) is 0 Å². The lowest BCUT2D eigenvalue weighted by atomic mass is 10.0. The first-order valence-electron chi connectivity index (χ1n) is 10.0. The van der Waals surface area contributed by atoms with Crippen molar-refractivity contribution < 1.29 is 13.2 Å². The fraction of sp³-hybridized carbons (Fsp3) is 0.435. The number of nitrogens with zero attached hydrogens (tertiary/aromatic N) is 1. The van der Waals surface area contributed by atoms with Gasteiger partial charge in [-0.25, -0.2) is 8.42 Å². The smallest absolute Gasteiger partial charge is 0.244 e. The zero-order valence-corrected chi connectivity index (χ0v) is 19.0. The number of carbonyl (C=O) groups is 1. The van der Waals surface area contributed by atoms with E-state index in [0.717, 1.165) is 29.4 Å². The van der Waals surface area contributed by atoms with E-state index in [0.29, 0.717) is 12.1 Å². The second-order valence-electron chi connectivity index (χ2n) is 7.65. The molecule has 29 heavy (non-hydrogen) atoms. The van der Waals surface area contributed by atoms with Crippen LogP contribution in [0.25, 0.3) is 0 Å². The molecule has 0 aromatic heterocycles. The molecule has 158 valence electrons. The molecule has 2 atom stereocenters. The van der Waals surface area contributed by atoms with Crippen molar-refractivity contribution in [2.75, 3.05) is 10.6 Å². The number of amides is 1. The Morgan fingerprint density at radius 3 is 2.03 bits per heavy atom. The van der Waals surface area contributed by atoms with Gasteiger partial charge < -0.3 is 5.32 Å². The Morgan fingerprint density at radius 1 is 1.03 bits per heavy atom. The molecule has 2 aromatic carbocycles. The fourth-order valence-corrected chi connectivity index (χ4v) is 4.77. The first-order valence-corrected chi connectivity index (χ1v) is 11.9. The highest BCUT2D eigenvalue weighted by Crippen LogP contribution is 2.26. The van der Waals surface area contributed by atoms with E-state index in [1.807, 2.05) is 58.0 Å². The summed E-state index contributed by atoms with van der Waals surface area (Å²) in [5.41, 5.74) is 4.65. The largest absolute Gasteiger partial charge is 0.348 e. The molecule has 0 unspecified atom stereocenters. The number of hydrogen-bond acceptors (Lipinski definition) is 3. The van der Waals surface area contributed by atoms with Gasteiger partial charge in [0, 0.05) is 0 Å². The Bertz CT molecular complexity index is 932. The average molecular weight is 417 g/mol. The molecule has 2 rings (SSSR count). The van der Waals surface area contributed by atoms with Crippen molar-refractivity contribution in [2.24, 2.45) is 0 Å². The lowest BCUT2D eigenvalue weighted by Gasteiger charge is -2.31. The van der Waals surface area contributed by atoms with Gasteiger partial charge in [-0.3, -0.25) is 9.10 Å². The summed E-state index contributed by atoms with van der Waals surface area (Å²) in [5, 5.41) is 2.99. The lowest BCUT2D eigenvalue weighted by Crippen LogP contribution is -2.49. The fourth-order valence-electron chi connectivity index (χ4n) is 3.57. The van der Waals surface area contributed by atoms with E-state index in [1.165, 1.54) is 9.87 Å². The van der Waals surface area contributed by atoms with Crippen LogP contribution in [0.5, 0.6) is 0 Å². The molecule has 0 aliphatic carbocycles. The number of anilines is 1. The minimum atomic E-state index is -3.64. The Kier molecular flexibility index (Phi) is 7.47. The first-order chi connectivity index (χ1) is 13.6. The lowest BCUT2D eigenvalue weighted by molar-refractivity contribution is -0.122. The van der Waals surface area contributed by atoms with Gasteiger partial charge in [0.1, 0.15) is 6.04 Å². The predicted molar refractivity (Wildman–Crippen MR) is 120 cm³/mol. The molecule has 0 aliphatic rings. The number of sulfonamides is 1. The van der Waals surface area contributed by atoms with Crippen LogP contribution in [-0.2, 0) is 21.2 Å². The van der Waals surface area contributed by atoms with Crippen LogP contribution in [0.3, 0.4) is 0 Å². The minimum Gasteiger partial charge on any atom is -0.348 e. The normalized spacial score (nSPS) is 13.6. The van der Waals surface area contributed by atoms with Crippen molar-refractivity contribution in [3.63, 3.8) is 0 Å². The van der Waals surface area contributed by atoms with Gasteiger partial charge in [0.15, 0.2) is 0 Å². The molecule has 0 radical (unpaired) electrons. The highest BCUT2D eigenvalue weighted by atomic mass is 32.2. The quantitative estimate of drug-likeness (QED) is 0.698. The van der Waals surface area contributed by atoms with Gasteiger partial charge in [0.05, 0.1) is 18.0 Å². The van der Waals surface area contributed by atoms with Crippen molar-refractivity contribution >= 4 is 21.6 Å². The highest BCUT2D eigenvalue weighted by molar-refractivity contribution is 7.92. The van der Waals surface area contributed by atoms with Gasteiger partial charge in [-0.15, -0.1) is 0 Å². The third-order valence-corrected chi connectivity index (χ3v) is 6.22. The molecule has 2 aromatic rings. The van der Waals surface area contributed by atoms with Crippen molar-refractivity contribution in [3.05, 3.63) is 64.7 Å². The number of rotatable bonds is 8. The van der Waals surface area contributed by atoms with Crippen LogP contribution in [0.4, 0.5) is 5.69 Å². The molecule has 0 spiro atoms. The molecule has 0 saturated heterocycles. The van der Waals surface area contributed by atoms with Crippen LogP contribution < -0.4 is 9.62 Å². The summed E-state index contributed by atoms with van der Waals surface area (Å²) in [6, 6.07) is 12.7. The minimum absolute atomic E-state index is 0.219. The summed E-state index contributed by atoms with van der Waals surface area (Å²) in [6.07, 6.45) is 2.47. The van der Waals surface area contributed by atoms with Gasteiger partial charge in [-0.1, -0.05) is 44.2 Å². The SMILES string of the molecule is CCc1ccc([C@H](C)NC(=O)[C@@H](CC)N(c2cc(C)cc(C)c2)S(C)(=O)=O)cc1. The predicted octanol–water partition coefficient (Wildman–Crippen LogP) is 4.29. The number of aryl methyl sites for hydroxylation is 3. The Hall–Kier alpha value is -2.34. The Morgan fingerprint density at radius 2 is 1.59 bits per heavy atom. The van der Waals surface area contributed by atoms with Crippen LogP contribution in [0.2, 0.25) is 0 Å². The maximum Gasteiger partial charge on any atom is 0.244 e. The molecule has 6 heteroatoms. The van der Waals surface area contributed by atoms with E-state index in [2.05, 4.69) is 12.2 Å². The number of hydrogen-bond donors (Lipinski definition) is 1. The number of nitrogens with one attached hydrogen (secondary N) is 1. The van der Waals surface area contributed by atoms with Crippen molar-refractivity contribution in [1.29, 1.82) is 0 Å². The Labute approximate surface area is 175 Å². The maximum absolute atomic E-state index is 13.1. The summed E-state index contributed by atoms with van der Waals surface area (Å²) in [6.45, 7) is 9.66. The summed E-state index contributed by atoms with van der Waals surface area (Å²) >= 11 is 0. The maximum atomic E-state index is 13.1.